The molecule has 1 aromatic heterocycles. The molecule has 0 fully saturated rings. The Bertz CT molecular complexity index is 999. The Morgan fingerprint density at radius 3 is 2.56 bits per heavy atom. The molecule has 0 amide bonds. The Labute approximate surface area is 149 Å². The molecule has 3 aromatic carbocycles. The van der Waals surface area contributed by atoms with E-state index in [1.165, 1.54) is 11.9 Å². The van der Waals surface area contributed by atoms with E-state index in [1.807, 2.05) is 54.6 Å². The van der Waals surface area contributed by atoms with Crippen molar-refractivity contribution in [2.24, 2.45) is 0 Å². The summed E-state index contributed by atoms with van der Waals surface area (Å²) in [5.74, 6) is 1.52. The van der Waals surface area contributed by atoms with Crippen LogP contribution < -0.4 is 9.46 Å². The number of para-hydroxylation sites is 1. The number of aromatic nitrogens is 1. The van der Waals surface area contributed by atoms with Crippen molar-refractivity contribution in [3.8, 4) is 16.9 Å². The lowest BCUT2D eigenvalue weighted by molar-refractivity contribution is 0.405. The van der Waals surface area contributed by atoms with Crippen LogP contribution in [0.1, 0.15) is 0 Å². The van der Waals surface area contributed by atoms with E-state index in [4.69, 9.17) is 9.26 Å². The van der Waals surface area contributed by atoms with Gasteiger partial charge in [0.15, 0.2) is 11.4 Å². The summed E-state index contributed by atoms with van der Waals surface area (Å²) in [6.07, 6.45) is 0. The summed E-state index contributed by atoms with van der Waals surface area (Å²) >= 11 is 1.45. The van der Waals surface area contributed by atoms with Crippen LogP contribution in [0.25, 0.3) is 22.1 Å². The molecule has 0 atom stereocenters. The highest BCUT2D eigenvalue weighted by Crippen LogP contribution is 2.35. The molecule has 0 spiro atoms. The first-order valence-electron chi connectivity index (χ1n) is 7.86. The van der Waals surface area contributed by atoms with Gasteiger partial charge in [-0.25, -0.2) is 0 Å². The molecule has 1 heterocycles. The van der Waals surface area contributed by atoms with Crippen molar-refractivity contribution in [3.63, 3.8) is 0 Å². The minimum atomic E-state index is 0.704. The lowest BCUT2D eigenvalue weighted by Gasteiger charge is -2.10. The number of methoxy groups -OCH3 is 1. The summed E-state index contributed by atoms with van der Waals surface area (Å²) in [4.78, 5) is 0.981. The third-order valence-corrected chi connectivity index (χ3v) is 4.76. The van der Waals surface area contributed by atoms with Gasteiger partial charge in [0.05, 0.1) is 17.4 Å². The molecule has 4 nitrogen and oxygen atoms in total. The number of anilines is 1. The van der Waals surface area contributed by atoms with Crippen molar-refractivity contribution in [2.75, 3.05) is 11.8 Å². The molecule has 5 heteroatoms. The second kappa shape index (κ2) is 6.91. The lowest BCUT2D eigenvalue weighted by Crippen LogP contribution is -1.92. The number of hydrogen-bond donors (Lipinski definition) is 1. The first-order chi connectivity index (χ1) is 12.3. The summed E-state index contributed by atoms with van der Waals surface area (Å²) in [5, 5.41) is 5.04. The van der Waals surface area contributed by atoms with Gasteiger partial charge in [-0.3, -0.25) is 0 Å². The number of ether oxygens (including phenoxy) is 1. The molecule has 1 N–H and O–H groups in total. The SMILES string of the molecule is COc1cc(-c2ccccc2)ccc1SNc1noc2ccccc12. The Hall–Kier alpha value is -2.92. The van der Waals surface area contributed by atoms with Crippen LogP contribution in [-0.2, 0) is 0 Å². The van der Waals surface area contributed by atoms with E-state index in [1.54, 1.807) is 7.11 Å². The van der Waals surface area contributed by atoms with Crippen molar-refractivity contribution in [1.82, 2.24) is 5.16 Å². The van der Waals surface area contributed by atoms with Gasteiger partial charge in [-0.1, -0.05) is 53.7 Å². The summed E-state index contributed by atoms with van der Waals surface area (Å²) in [7, 11) is 1.68. The highest BCUT2D eigenvalue weighted by atomic mass is 32.2. The Morgan fingerprint density at radius 1 is 0.920 bits per heavy atom. The third-order valence-electron chi connectivity index (χ3n) is 3.91. The van der Waals surface area contributed by atoms with Crippen molar-refractivity contribution in [2.45, 2.75) is 4.90 Å². The maximum absolute atomic E-state index is 5.56. The number of nitrogens with one attached hydrogen (secondary N) is 1. The van der Waals surface area contributed by atoms with Crippen LogP contribution in [0, 0.1) is 0 Å². The smallest absolute Gasteiger partial charge is 0.187 e. The van der Waals surface area contributed by atoms with Crippen molar-refractivity contribution in [1.29, 1.82) is 0 Å². The van der Waals surface area contributed by atoms with Gasteiger partial charge in [-0.05, 0) is 47.3 Å². The summed E-state index contributed by atoms with van der Waals surface area (Å²) in [5.41, 5.74) is 3.04. The zero-order valence-electron chi connectivity index (χ0n) is 13.6. The van der Waals surface area contributed by atoms with Crippen LogP contribution in [0.5, 0.6) is 5.75 Å². The highest BCUT2D eigenvalue weighted by Gasteiger charge is 2.10. The summed E-state index contributed by atoms with van der Waals surface area (Å²) in [6.45, 7) is 0. The van der Waals surface area contributed by atoms with E-state index in [2.05, 4.69) is 28.1 Å². The molecule has 0 bridgehead atoms. The van der Waals surface area contributed by atoms with Gasteiger partial charge in [-0.2, -0.15) is 0 Å². The summed E-state index contributed by atoms with van der Waals surface area (Å²) in [6, 6.07) is 24.2. The largest absolute Gasteiger partial charge is 0.495 e. The fourth-order valence-electron chi connectivity index (χ4n) is 2.62. The standard InChI is InChI=1S/C20H16N2O2S/c1-23-18-13-15(14-7-3-2-4-8-14)11-12-19(18)25-22-20-16-9-5-6-10-17(16)24-21-20/h2-13H,1H3,(H,21,22). The number of hydrogen-bond acceptors (Lipinski definition) is 5. The monoisotopic (exact) mass is 348 g/mol. The van der Waals surface area contributed by atoms with Crippen LogP contribution in [0.15, 0.2) is 82.2 Å². The number of nitrogens with zero attached hydrogens (tertiary/aromatic N) is 1. The van der Waals surface area contributed by atoms with Gasteiger partial charge in [0.1, 0.15) is 5.75 Å². The summed E-state index contributed by atoms with van der Waals surface area (Å²) < 4.78 is 14.1. The van der Waals surface area contributed by atoms with E-state index >= 15 is 0 Å². The molecule has 25 heavy (non-hydrogen) atoms. The third kappa shape index (κ3) is 3.19. The van der Waals surface area contributed by atoms with Gasteiger partial charge in [-0.15, -0.1) is 0 Å². The van der Waals surface area contributed by atoms with Crippen LogP contribution in [-0.4, -0.2) is 12.3 Å². The molecule has 4 rings (SSSR count). The first kappa shape index (κ1) is 15.6. The molecule has 0 aliphatic heterocycles. The maximum Gasteiger partial charge on any atom is 0.187 e. The van der Waals surface area contributed by atoms with Crippen LogP contribution in [0.3, 0.4) is 0 Å². The van der Waals surface area contributed by atoms with E-state index in [-0.39, 0.29) is 0 Å². The zero-order chi connectivity index (χ0) is 17.1. The molecule has 124 valence electrons. The number of benzene rings is 3. The van der Waals surface area contributed by atoms with E-state index in [0.717, 1.165) is 32.7 Å². The number of fused-ring (bicyclic) bond motifs is 1. The zero-order valence-corrected chi connectivity index (χ0v) is 14.4. The molecule has 0 saturated carbocycles. The molecular formula is C20H16N2O2S. The van der Waals surface area contributed by atoms with E-state index < -0.39 is 0 Å². The minimum Gasteiger partial charge on any atom is -0.495 e. The van der Waals surface area contributed by atoms with Crippen LogP contribution >= 0.6 is 11.9 Å². The van der Waals surface area contributed by atoms with Gasteiger partial charge in [0.25, 0.3) is 0 Å². The minimum absolute atomic E-state index is 0.704. The Kier molecular flexibility index (Phi) is 4.31. The molecule has 0 saturated heterocycles. The maximum atomic E-state index is 5.56. The Balaban J connectivity index is 1.58. The average Bonchev–Trinajstić information content (AvgIpc) is 3.10. The van der Waals surface area contributed by atoms with Gasteiger partial charge >= 0.3 is 0 Å². The number of rotatable bonds is 5. The average molecular weight is 348 g/mol. The van der Waals surface area contributed by atoms with E-state index in [0.29, 0.717) is 5.82 Å². The molecule has 0 aliphatic rings. The quantitative estimate of drug-likeness (QED) is 0.474. The Morgan fingerprint density at radius 2 is 1.72 bits per heavy atom. The first-order valence-corrected chi connectivity index (χ1v) is 8.67. The van der Waals surface area contributed by atoms with Gasteiger partial charge in [0, 0.05) is 0 Å². The second-order valence-electron chi connectivity index (χ2n) is 5.46. The van der Waals surface area contributed by atoms with Crippen LogP contribution in [0.4, 0.5) is 5.82 Å². The molecular weight excluding hydrogens is 332 g/mol. The topological polar surface area (TPSA) is 47.3 Å². The van der Waals surface area contributed by atoms with Crippen molar-refractivity contribution in [3.05, 3.63) is 72.8 Å². The molecule has 0 radical (unpaired) electrons. The lowest BCUT2D eigenvalue weighted by atomic mass is 10.1. The van der Waals surface area contributed by atoms with Crippen molar-refractivity contribution >= 4 is 28.7 Å². The fraction of sp³-hybridized carbons (Fsp3) is 0.0500. The van der Waals surface area contributed by atoms with Crippen LogP contribution in [0.2, 0.25) is 0 Å². The molecule has 4 aromatic rings. The predicted octanol–water partition coefficient (Wildman–Crippen LogP) is 5.62. The molecule has 0 aliphatic carbocycles. The predicted molar refractivity (Wildman–Crippen MR) is 102 cm³/mol. The molecule has 0 unspecified atom stereocenters. The fourth-order valence-corrected chi connectivity index (χ4v) is 3.36. The second-order valence-corrected chi connectivity index (χ2v) is 6.31. The normalized spacial score (nSPS) is 10.8. The van der Waals surface area contributed by atoms with Crippen molar-refractivity contribution < 1.29 is 9.26 Å². The van der Waals surface area contributed by atoms with Gasteiger partial charge in [0.2, 0.25) is 0 Å². The highest BCUT2D eigenvalue weighted by molar-refractivity contribution is 8.00. The van der Waals surface area contributed by atoms with Gasteiger partial charge < -0.3 is 14.0 Å². The van der Waals surface area contributed by atoms with E-state index in [9.17, 15) is 0 Å².